The molecule has 5 nitrogen and oxygen atoms in total. The minimum Gasteiger partial charge on any atom is -0.359 e. The Balaban J connectivity index is 1.34. The second-order valence-electron chi connectivity index (χ2n) is 8.28. The molecule has 1 aromatic carbocycles. The van der Waals surface area contributed by atoms with Gasteiger partial charge in [0.25, 0.3) is 0 Å². The van der Waals surface area contributed by atoms with Crippen molar-refractivity contribution in [1.82, 2.24) is 10.3 Å². The van der Waals surface area contributed by atoms with E-state index in [0.29, 0.717) is 16.3 Å². The lowest BCUT2D eigenvalue weighted by Crippen LogP contribution is -2.45. The molecule has 2 aromatic rings. The summed E-state index contributed by atoms with van der Waals surface area (Å²) in [7, 11) is 0. The zero-order valence-corrected chi connectivity index (χ0v) is 15.7. The van der Waals surface area contributed by atoms with Crippen molar-refractivity contribution in [3.05, 3.63) is 30.0 Å². The van der Waals surface area contributed by atoms with Crippen LogP contribution in [0.1, 0.15) is 57.8 Å². The van der Waals surface area contributed by atoms with Crippen LogP contribution in [0.3, 0.4) is 0 Å². The Morgan fingerprint density at radius 3 is 2.36 bits per heavy atom. The van der Waals surface area contributed by atoms with Crippen LogP contribution >= 0.6 is 0 Å². The molecule has 0 saturated heterocycles. The van der Waals surface area contributed by atoms with Crippen molar-refractivity contribution in [1.29, 1.82) is 0 Å². The number of nitrogens with one attached hydrogen (secondary N) is 3. The van der Waals surface area contributed by atoms with Crippen molar-refractivity contribution in [2.45, 2.75) is 63.8 Å². The molecule has 1 heterocycles. The molecular weight excluding hydrogens is 364 g/mol. The number of halogens is 2. The molecule has 2 amide bonds. The summed E-state index contributed by atoms with van der Waals surface area (Å²) in [6, 6.07) is 2.03. The highest BCUT2D eigenvalue weighted by Crippen LogP contribution is 2.47. The molecule has 0 unspecified atom stereocenters. The number of hydrogen-bond acceptors (Lipinski definition) is 2. The smallest absolute Gasteiger partial charge is 0.313 e. The minimum atomic E-state index is -1.01. The Kier molecular flexibility index (Phi) is 5.08. The first-order valence-corrected chi connectivity index (χ1v) is 10.0. The molecule has 2 fully saturated rings. The van der Waals surface area contributed by atoms with Crippen LogP contribution in [0.5, 0.6) is 0 Å². The molecule has 150 valence electrons. The fraction of sp³-hybridized carbons (Fsp3) is 0.524. The summed E-state index contributed by atoms with van der Waals surface area (Å²) in [5.74, 6) is -3.48. The van der Waals surface area contributed by atoms with Crippen LogP contribution in [0, 0.1) is 17.0 Å². The molecule has 3 N–H and O–H groups in total. The molecule has 2 aliphatic carbocycles. The number of carbonyl (C=O) groups is 2. The second-order valence-corrected chi connectivity index (χ2v) is 8.28. The summed E-state index contributed by atoms with van der Waals surface area (Å²) in [5.41, 5.74) is 1.05. The van der Waals surface area contributed by atoms with Gasteiger partial charge < -0.3 is 15.6 Å². The number of amides is 2. The summed E-state index contributed by atoms with van der Waals surface area (Å²) >= 11 is 0. The van der Waals surface area contributed by atoms with Gasteiger partial charge in [-0.3, -0.25) is 9.59 Å². The van der Waals surface area contributed by atoms with Gasteiger partial charge in [0, 0.05) is 23.7 Å². The van der Waals surface area contributed by atoms with Gasteiger partial charge in [0.05, 0.1) is 11.2 Å². The van der Waals surface area contributed by atoms with E-state index >= 15 is 0 Å². The number of fused-ring (bicyclic) bond motifs is 1. The van der Waals surface area contributed by atoms with E-state index in [9.17, 15) is 18.4 Å². The van der Waals surface area contributed by atoms with Crippen LogP contribution in [-0.4, -0.2) is 22.8 Å². The molecular formula is C21H25F2N3O2. The van der Waals surface area contributed by atoms with Crippen molar-refractivity contribution in [3.63, 3.8) is 0 Å². The van der Waals surface area contributed by atoms with E-state index in [1.54, 1.807) is 0 Å². The topological polar surface area (TPSA) is 74.0 Å². The number of aromatic nitrogens is 1. The molecule has 28 heavy (non-hydrogen) atoms. The fourth-order valence-electron chi connectivity index (χ4n) is 4.83. The first kappa shape index (κ1) is 18.9. The van der Waals surface area contributed by atoms with Gasteiger partial charge >= 0.3 is 11.8 Å². The number of rotatable bonds is 2. The first-order chi connectivity index (χ1) is 13.5. The van der Waals surface area contributed by atoms with Gasteiger partial charge in [0.1, 0.15) is 0 Å². The van der Waals surface area contributed by atoms with Crippen molar-refractivity contribution in [2.24, 2.45) is 5.41 Å². The van der Waals surface area contributed by atoms with Gasteiger partial charge in [-0.05, 0) is 50.0 Å². The molecule has 0 bridgehead atoms. The van der Waals surface area contributed by atoms with Gasteiger partial charge in [-0.15, -0.1) is 0 Å². The molecule has 0 aliphatic heterocycles. The Morgan fingerprint density at radius 1 is 0.964 bits per heavy atom. The Bertz CT molecular complexity index is 892. The largest absolute Gasteiger partial charge is 0.359 e. The molecule has 4 rings (SSSR count). The highest BCUT2D eigenvalue weighted by atomic mass is 19.2. The number of benzene rings is 1. The molecule has 1 spiro atoms. The first-order valence-electron chi connectivity index (χ1n) is 10.0. The zero-order valence-electron chi connectivity index (χ0n) is 15.7. The van der Waals surface area contributed by atoms with E-state index in [2.05, 4.69) is 15.6 Å². The number of anilines is 1. The predicted octanol–water partition coefficient (Wildman–Crippen LogP) is 4.39. The highest BCUT2D eigenvalue weighted by Gasteiger charge is 2.36. The maximum absolute atomic E-state index is 13.5. The molecule has 0 radical (unpaired) electrons. The highest BCUT2D eigenvalue weighted by molar-refractivity contribution is 6.40. The summed E-state index contributed by atoms with van der Waals surface area (Å²) < 4.78 is 26.8. The van der Waals surface area contributed by atoms with Crippen molar-refractivity contribution >= 4 is 28.4 Å². The summed E-state index contributed by atoms with van der Waals surface area (Å²) in [5, 5.41) is 5.63. The average Bonchev–Trinajstić information content (AvgIpc) is 3.06. The van der Waals surface area contributed by atoms with E-state index in [0.717, 1.165) is 37.8 Å². The van der Waals surface area contributed by atoms with E-state index in [1.807, 2.05) is 0 Å². The van der Waals surface area contributed by atoms with Crippen molar-refractivity contribution in [2.75, 3.05) is 5.32 Å². The third-order valence-electron chi connectivity index (χ3n) is 6.47. The lowest BCUT2D eigenvalue weighted by molar-refractivity contribution is -0.136. The molecule has 7 heteroatoms. The van der Waals surface area contributed by atoms with Gasteiger partial charge in [-0.25, -0.2) is 8.78 Å². The van der Waals surface area contributed by atoms with E-state index in [4.69, 9.17) is 0 Å². The quantitative estimate of drug-likeness (QED) is 0.666. The third kappa shape index (κ3) is 3.75. The third-order valence-corrected chi connectivity index (χ3v) is 6.47. The standard InChI is InChI=1S/C21H25F2N3O2/c22-15-10-14-17(11-16(15)23)24-12-18(14)26-20(28)19(27)25-13-4-8-21(9-5-13)6-2-1-3-7-21/h10-13,24H,1-9H2,(H,25,27)(H,26,28). The van der Waals surface area contributed by atoms with E-state index in [1.165, 1.54) is 38.3 Å². The lowest BCUT2D eigenvalue weighted by atomic mass is 9.64. The number of hydrogen-bond donors (Lipinski definition) is 3. The van der Waals surface area contributed by atoms with Gasteiger partial charge in [-0.2, -0.15) is 0 Å². The molecule has 1 aromatic heterocycles. The van der Waals surface area contributed by atoms with Crippen molar-refractivity contribution in [3.8, 4) is 0 Å². The predicted molar refractivity (Wildman–Crippen MR) is 103 cm³/mol. The Morgan fingerprint density at radius 2 is 1.64 bits per heavy atom. The summed E-state index contributed by atoms with van der Waals surface area (Å²) in [6.45, 7) is 0. The SMILES string of the molecule is O=C(Nc1c[nH]c2cc(F)c(F)cc12)C(=O)NC1CCC2(CCCCC2)CC1. The van der Waals surface area contributed by atoms with Crippen LogP contribution < -0.4 is 10.6 Å². The normalized spacial score (nSPS) is 19.6. The zero-order chi connectivity index (χ0) is 19.7. The van der Waals surface area contributed by atoms with Crippen molar-refractivity contribution < 1.29 is 18.4 Å². The minimum absolute atomic E-state index is 0.0142. The maximum atomic E-state index is 13.5. The monoisotopic (exact) mass is 389 g/mol. The van der Waals surface area contributed by atoms with E-state index < -0.39 is 23.4 Å². The van der Waals surface area contributed by atoms with E-state index in [-0.39, 0.29) is 11.7 Å². The molecule has 0 atom stereocenters. The summed E-state index contributed by atoms with van der Waals surface area (Å²) in [6.07, 6.45) is 11.9. The molecule has 2 saturated carbocycles. The van der Waals surface area contributed by atoms with Crippen LogP contribution in [0.4, 0.5) is 14.5 Å². The van der Waals surface area contributed by atoms with Crippen LogP contribution in [0.2, 0.25) is 0 Å². The maximum Gasteiger partial charge on any atom is 0.313 e. The van der Waals surface area contributed by atoms with Crippen LogP contribution in [-0.2, 0) is 9.59 Å². The number of carbonyl (C=O) groups excluding carboxylic acids is 2. The Hall–Kier alpha value is -2.44. The van der Waals surface area contributed by atoms with Gasteiger partial charge in [0.2, 0.25) is 0 Å². The molecule has 2 aliphatic rings. The number of aromatic amines is 1. The van der Waals surface area contributed by atoms with Gasteiger partial charge in [-0.1, -0.05) is 19.3 Å². The fourth-order valence-corrected chi connectivity index (χ4v) is 4.83. The second kappa shape index (κ2) is 7.53. The lowest BCUT2D eigenvalue weighted by Gasteiger charge is -2.43. The van der Waals surface area contributed by atoms with Crippen LogP contribution in [0.25, 0.3) is 10.9 Å². The number of H-pyrrole nitrogens is 1. The van der Waals surface area contributed by atoms with Gasteiger partial charge in [0.15, 0.2) is 11.6 Å². The Labute approximate surface area is 162 Å². The average molecular weight is 389 g/mol. The summed E-state index contributed by atoms with van der Waals surface area (Å²) in [4.78, 5) is 27.3. The van der Waals surface area contributed by atoms with Crippen LogP contribution in [0.15, 0.2) is 18.3 Å².